The lowest BCUT2D eigenvalue weighted by Crippen LogP contribution is -2.03. The van der Waals surface area contributed by atoms with Crippen molar-refractivity contribution in [1.29, 1.82) is 0 Å². The van der Waals surface area contributed by atoms with E-state index in [0.717, 1.165) is 11.3 Å². The molecular formula is C10H11N3O. The van der Waals surface area contributed by atoms with Crippen LogP contribution in [-0.4, -0.2) is 14.8 Å². The van der Waals surface area contributed by atoms with E-state index in [9.17, 15) is 4.79 Å². The van der Waals surface area contributed by atoms with Gasteiger partial charge in [0.2, 0.25) is 0 Å². The minimum atomic E-state index is -0.0712. The highest BCUT2D eigenvalue weighted by molar-refractivity contribution is 5.61. The summed E-state index contributed by atoms with van der Waals surface area (Å²) in [5, 5.41) is 2.67. The number of nitrogens with zero attached hydrogens (tertiary/aromatic N) is 2. The smallest absolute Gasteiger partial charge is 0.271 e. The van der Waals surface area contributed by atoms with Gasteiger partial charge in [-0.1, -0.05) is 0 Å². The molecule has 0 amide bonds. The fourth-order valence-corrected chi connectivity index (χ4v) is 1.42. The second-order valence-electron chi connectivity index (χ2n) is 3.28. The molecule has 2 aromatic heterocycles. The van der Waals surface area contributed by atoms with Gasteiger partial charge in [0.05, 0.1) is 5.56 Å². The lowest BCUT2D eigenvalue weighted by molar-refractivity contribution is 0.756. The van der Waals surface area contributed by atoms with Crippen LogP contribution in [0.4, 0.5) is 0 Å². The van der Waals surface area contributed by atoms with E-state index in [1.807, 2.05) is 19.1 Å². The van der Waals surface area contributed by atoms with Gasteiger partial charge in [-0.2, -0.15) is 0 Å². The molecule has 0 saturated carbocycles. The number of pyridine rings is 1. The van der Waals surface area contributed by atoms with Gasteiger partial charge in [0.15, 0.2) is 0 Å². The van der Waals surface area contributed by atoms with Crippen LogP contribution in [0.5, 0.6) is 0 Å². The van der Waals surface area contributed by atoms with Crippen molar-refractivity contribution in [1.82, 2.24) is 14.8 Å². The highest BCUT2D eigenvalue weighted by Gasteiger charge is 2.04. The Hall–Kier alpha value is -1.84. The first-order chi connectivity index (χ1) is 6.66. The summed E-state index contributed by atoms with van der Waals surface area (Å²) in [6, 6.07) is 3.72. The molecule has 0 aliphatic carbocycles. The molecule has 0 spiro atoms. The lowest BCUT2D eigenvalue weighted by Gasteiger charge is -1.96. The Bertz CT molecular complexity index is 510. The van der Waals surface area contributed by atoms with Gasteiger partial charge < -0.3 is 0 Å². The van der Waals surface area contributed by atoms with Crippen molar-refractivity contribution in [3.8, 4) is 11.1 Å². The molecule has 4 heteroatoms. The van der Waals surface area contributed by atoms with Gasteiger partial charge in [0.25, 0.3) is 5.56 Å². The summed E-state index contributed by atoms with van der Waals surface area (Å²) >= 11 is 0. The Morgan fingerprint density at radius 1 is 1.50 bits per heavy atom. The summed E-state index contributed by atoms with van der Waals surface area (Å²) in [7, 11) is 1.79. The van der Waals surface area contributed by atoms with Crippen LogP contribution >= 0.6 is 0 Å². The largest absolute Gasteiger partial charge is 0.295 e. The average molecular weight is 189 g/mol. The van der Waals surface area contributed by atoms with Crippen molar-refractivity contribution in [2.24, 2.45) is 7.05 Å². The summed E-state index contributed by atoms with van der Waals surface area (Å²) in [4.78, 5) is 15.5. The molecule has 0 atom stereocenters. The topological polar surface area (TPSA) is 50.7 Å². The van der Waals surface area contributed by atoms with Crippen molar-refractivity contribution >= 4 is 0 Å². The second-order valence-corrected chi connectivity index (χ2v) is 3.28. The van der Waals surface area contributed by atoms with Crippen molar-refractivity contribution in [3.05, 3.63) is 40.6 Å². The van der Waals surface area contributed by atoms with E-state index in [1.54, 1.807) is 24.1 Å². The van der Waals surface area contributed by atoms with Gasteiger partial charge in [0.1, 0.15) is 0 Å². The molecule has 2 aromatic rings. The van der Waals surface area contributed by atoms with Crippen LogP contribution in [0.25, 0.3) is 11.1 Å². The maximum atomic E-state index is 11.5. The predicted molar refractivity (Wildman–Crippen MR) is 54.0 cm³/mol. The molecule has 0 radical (unpaired) electrons. The predicted octanol–water partition coefficient (Wildman–Crippen LogP) is 1.08. The lowest BCUT2D eigenvalue weighted by atomic mass is 10.1. The number of aromatic nitrogens is 3. The number of hydrogen-bond acceptors (Lipinski definition) is 2. The van der Waals surface area contributed by atoms with E-state index in [1.165, 1.54) is 0 Å². The molecule has 72 valence electrons. The molecule has 2 rings (SSSR count). The van der Waals surface area contributed by atoms with E-state index >= 15 is 0 Å². The number of rotatable bonds is 1. The molecule has 1 N–H and O–H groups in total. The van der Waals surface area contributed by atoms with Gasteiger partial charge >= 0.3 is 0 Å². The maximum Gasteiger partial charge on any atom is 0.271 e. The van der Waals surface area contributed by atoms with E-state index in [2.05, 4.69) is 10.1 Å². The van der Waals surface area contributed by atoms with Crippen LogP contribution in [0.2, 0.25) is 0 Å². The second kappa shape index (κ2) is 3.14. The van der Waals surface area contributed by atoms with E-state index in [0.29, 0.717) is 5.56 Å². The first kappa shape index (κ1) is 8.74. The monoisotopic (exact) mass is 189 g/mol. The average Bonchev–Trinajstić information content (AvgIpc) is 2.45. The van der Waals surface area contributed by atoms with Crippen LogP contribution in [0.3, 0.4) is 0 Å². The van der Waals surface area contributed by atoms with Crippen LogP contribution < -0.4 is 5.56 Å². The van der Waals surface area contributed by atoms with Gasteiger partial charge in [-0.15, -0.1) is 0 Å². The quantitative estimate of drug-likeness (QED) is 0.729. The van der Waals surface area contributed by atoms with Crippen LogP contribution in [0.1, 0.15) is 5.69 Å². The molecule has 0 bridgehead atoms. The van der Waals surface area contributed by atoms with Gasteiger partial charge in [-0.25, -0.2) is 0 Å². The maximum absolute atomic E-state index is 11.5. The standard InChI is InChI=1S/C10H11N3O/c1-7-5-8(3-4-11-7)9-6-13(2)12-10(9)14/h3-6H,1-2H3,(H,12,14). The number of hydrogen-bond donors (Lipinski definition) is 1. The molecule has 0 aromatic carbocycles. The van der Waals surface area contributed by atoms with Gasteiger partial charge in [-0.05, 0) is 24.6 Å². The Labute approximate surface area is 81.2 Å². The Balaban J connectivity index is 2.60. The highest BCUT2D eigenvalue weighted by Crippen LogP contribution is 2.14. The number of aromatic amines is 1. The van der Waals surface area contributed by atoms with Crippen molar-refractivity contribution in [2.45, 2.75) is 6.92 Å². The summed E-state index contributed by atoms with van der Waals surface area (Å²) < 4.78 is 1.65. The molecule has 4 nitrogen and oxygen atoms in total. The molecule has 0 fully saturated rings. The Morgan fingerprint density at radius 2 is 2.29 bits per heavy atom. The zero-order valence-electron chi connectivity index (χ0n) is 8.11. The summed E-state index contributed by atoms with van der Waals surface area (Å²) in [5.74, 6) is 0. The fourth-order valence-electron chi connectivity index (χ4n) is 1.42. The number of nitrogens with one attached hydrogen (secondary N) is 1. The van der Waals surface area contributed by atoms with Crippen LogP contribution in [0, 0.1) is 6.92 Å². The molecule has 14 heavy (non-hydrogen) atoms. The molecular weight excluding hydrogens is 178 g/mol. The Kier molecular flexibility index (Phi) is 1.96. The third-order valence-corrected chi connectivity index (χ3v) is 2.05. The first-order valence-electron chi connectivity index (χ1n) is 4.35. The zero-order valence-corrected chi connectivity index (χ0v) is 8.11. The third-order valence-electron chi connectivity index (χ3n) is 2.05. The minimum Gasteiger partial charge on any atom is -0.295 e. The van der Waals surface area contributed by atoms with Crippen molar-refractivity contribution < 1.29 is 0 Å². The minimum absolute atomic E-state index is 0.0712. The highest BCUT2D eigenvalue weighted by atomic mass is 16.1. The van der Waals surface area contributed by atoms with Gasteiger partial charge in [0, 0.05) is 25.1 Å². The van der Waals surface area contributed by atoms with Crippen LogP contribution in [0.15, 0.2) is 29.3 Å². The van der Waals surface area contributed by atoms with E-state index < -0.39 is 0 Å². The number of aryl methyl sites for hydroxylation is 2. The summed E-state index contributed by atoms with van der Waals surface area (Å²) in [6.45, 7) is 1.90. The molecule has 2 heterocycles. The number of H-pyrrole nitrogens is 1. The first-order valence-corrected chi connectivity index (χ1v) is 4.35. The Morgan fingerprint density at radius 3 is 2.86 bits per heavy atom. The van der Waals surface area contributed by atoms with E-state index in [4.69, 9.17) is 0 Å². The van der Waals surface area contributed by atoms with E-state index in [-0.39, 0.29) is 5.56 Å². The molecule has 0 aliphatic heterocycles. The van der Waals surface area contributed by atoms with Gasteiger partial charge in [-0.3, -0.25) is 19.6 Å². The molecule has 0 saturated heterocycles. The SMILES string of the molecule is Cc1cc(-c2cn(C)[nH]c2=O)ccn1. The van der Waals surface area contributed by atoms with Crippen LogP contribution in [-0.2, 0) is 7.05 Å². The zero-order chi connectivity index (χ0) is 10.1. The summed E-state index contributed by atoms with van der Waals surface area (Å²) in [6.07, 6.45) is 3.48. The van der Waals surface area contributed by atoms with Crippen molar-refractivity contribution in [2.75, 3.05) is 0 Å². The fraction of sp³-hybridized carbons (Fsp3) is 0.200. The van der Waals surface area contributed by atoms with Crippen molar-refractivity contribution in [3.63, 3.8) is 0 Å². The summed E-state index contributed by atoms with van der Waals surface area (Å²) in [5.41, 5.74) is 2.42. The molecule has 0 unspecified atom stereocenters. The normalized spacial score (nSPS) is 10.4. The molecule has 0 aliphatic rings. The third kappa shape index (κ3) is 1.46.